The molecule has 18 heteroatoms. The third kappa shape index (κ3) is 15.1. The molecule has 1 aliphatic carbocycles. The van der Waals surface area contributed by atoms with Crippen molar-refractivity contribution in [3.63, 3.8) is 0 Å². The lowest BCUT2D eigenvalue weighted by Gasteiger charge is -2.57. The summed E-state index contributed by atoms with van der Waals surface area (Å²) in [5, 5.41) is 32.4. The van der Waals surface area contributed by atoms with E-state index in [1.165, 1.54) is 42.2 Å². The van der Waals surface area contributed by atoms with Crippen LogP contribution >= 0.6 is 22.9 Å². The Morgan fingerprint density at radius 1 is 1.09 bits per heavy atom. The first-order valence-electron chi connectivity index (χ1n) is 25.8. The van der Waals surface area contributed by atoms with Gasteiger partial charge in [-0.3, -0.25) is 29.2 Å². The van der Waals surface area contributed by atoms with Gasteiger partial charge in [-0.25, -0.2) is 8.78 Å². The number of hydrogen-bond donors (Lipinski definition) is 4. The van der Waals surface area contributed by atoms with Crippen molar-refractivity contribution in [2.75, 3.05) is 64.8 Å². The van der Waals surface area contributed by atoms with E-state index in [1.807, 2.05) is 19.2 Å². The lowest BCUT2D eigenvalue weighted by atomic mass is 9.52. The minimum Gasteiger partial charge on any atom is -0.508 e. The van der Waals surface area contributed by atoms with Gasteiger partial charge in [-0.1, -0.05) is 60.1 Å². The van der Waals surface area contributed by atoms with Crippen molar-refractivity contribution in [3.8, 4) is 22.3 Å². The SMILES string of the molecule is C=N/C=C(/C=O)C=NCC(C)C(CN1CCC(n2nc(N3CCCc4cc(-c5cncs5)c(C(F)F)cc43)c(CC)c2CCNC=O)CC1)C(C)CNC.CNC1C(C)(C)CC1(C)C.N#Cc1ccc(O)cc1Cl. The number of alkyl halides is 2. The highest BCUT2D eigenvalue weighted by molar-refractivity contribution is 7.13. The number of allylic oxidation sites excluding steroid dienone is 1. The molecule has 14 nitrogen and oxygen atoms in total. The number of aliphatic imine (C=N–C) groups is 2. The van der Waals surface area contributed by atoms with Gasteiger partial charge < -0.3 is 30.9 Å². The van der Waals surface area contributed by atoms with Gasteiger partial charge >= 0.3 is 0 Å². The molecular formula is C56H78ClF2N11O3S. The summed E-state index contributed by atoms with van der Waals surface area (Å²) >= 11 is 6.92. The van der Waals surface area contributed by atoms with Crippen molar-refractivity contribution < 1.29 is 23.5 Å². The van der Waals surface area contributed by atoms with Crippen molar-refractivity contribution in [2.45, 2.75) is 112 Å². The molecule has 3 atom stereocenters. The highest BCUT2D eigenvalue weighted by Gasteiger charge is 2.51. The number of nitriles is 1. The fraction of sp³-hybridized carbons (Fsp3) is 0.554. The second-order valence-electron chi connectivity index (χ2n) is 21.1. The van der Waals surface area contributed by atoms with Crippen LogP contribution in [0.2, 0.25) is 5.02 Å². The highest BCUT2D eigenvalue weighted by atomic mass is 35.5. The van der Waals surface area contributed by atoms with E-state index >= 15 is 0 Å². The molecule has 402 valence electrons. The fourth-order valence-corrected chi connectivity index (χ4v) is 12.8. The maximum atomic E-state index is 14.6. The molecule has 1 saturated heterocycles. The number of hydrogen-bond acceptors (Lipinski definition) is 13. The van der Waals surface area contributed by atoms with Crippen molar-refractivity contribution in [2.24, 2.45) is 38.6 Å². The van der Waals surface area contributed by atoms with Crippen molar-refractivity contribution in [1.29, 1.82) is 5.26 Å². The molecule has 3 aliphatic rings. The Hall–Kier alpha value is -5.38. The molecule has 4 heterocycles. The number of fused-ring (bicyclic) bond motifs is 1. The average Bonchev–Trinajstić information content (AvgIpc) is 4.04. The van der Waals surface area contributed by atoms with Gasteiger partial charge in [-0.05, 0) is 130 Å². The molecule has 2 aromatic heterocycles. The maximum absolute atomic E-state index is 14.6. The number of amides is 1. The summed E-state index contributed by atoms with van der Waals surface area (Å²) in [6.45, 7) is 24.9. The summed E-state index contributed by atoms with van der Waals surface area (Å²) in [5.74, 6) is 2.00. The van der Waals surface area contributed by atoms with E-state index in [1.54, 1.807) is 24.0 Å². The van der Waals surface area contributed by atoms with Crippen LogP contribution in [-0.4, -0.2) is 116 Å². The molecule has 0 radical (unpaired) electrons. The maximum Gasteiger partial charge on any atom is 0.264 e. The average molecular weight is 1060 g/mol. The second kappa shape index (κ2) is 28.0. The summed E-state index contributed by atoms with van der Waals surface area (Å²) in [6.07, 6.45) is 9.73. The molecule has 2 aromatic carbocycles. The van der Waals surface area contributed by atoms with Crippen LogP contribution in [0.25, 0.3) is 10.4 Å². The number of aryl methyl sites for hydroxylation is 1. The van der Waals surface area contributed by atoms with E-state index in [4.69, 9.17) is 27.1 Å². The minimum absolute atomic E-state index is 0.0150. The van der Waals surface area contributed by atoms with E-state index in [9.17, 15) is 18.4 Å². The molecule has 1 saturated carbocycles. The zero-order chi connectivity index (χ0) is 54.2. The van der Waals surface area contributed by atoms with Crippen LogP contribution in [0.1, 0.15) is 115 Å². The monoisotopic (exact) mass is 1060 g/mol. The summed E-state index contributed by atoms with van der Waals surface area (Å²) < 4.78 is 31.4. The van der Waals surface area contributed by atoms with E-state index in [0.717, 1.165) is 104 Å². The molecular weight excluding hydrogens is 980 g/mol. The Bertz CT molecular complexity index is 2550. The largest absolute Gasteiger partial charge is 0.508 e. The first kappa shape index (κ1) is 59.5. The second-order valence-corrected chi connectivity index (χ2v) is 22.4. The summed E-state index contributed by atoms with van der Waals surface area (Å²) in [4.78, 5) is 40.4. The zero-order valence-corrected chi connectivity index (χ0v) is 46.4. The van der Waals surface area contributed by atoms with Crippen molar-refractivity contribution >= 4 is 60.1 Å². The minimum atomic E-state index is -2.63. The number of phenols is 1. The molecule has 4 N–H and O–H groups in total. The number of nitrogens with zero attached hydrogens (tertiary/aromatic N) is 8. The predicted octanol–water partition coefficient (Wildman–Crippen LogP) is 10.4. The third-order valence-corrected chi connectivity index (χ3v) is 15.9. The van der Waals surface area contributed by atoms with Gasteiger partial charge in [0.15, 0.2) is 12.1 Å². The molecule has 7 rings (SSSR count). The van der Waals surface area contributed by atoms with Crippen molar-refractivity contribution in [3.05, 3.63) is 86.8 Å². The molecule has 2 fully saturated rings. The Kier molecular flexibility index (Phi) is 22.5. The van der Waals surface area contributed by atoms with Crippen molar-refractivity contribution in [1.82, 2.24) is 35.6 Å². The Morgan fingerprint density at radius 3 is 2.38 bits per heavy atom. The van der Waals surface area contributed by atoms with E-state index in [-0.39, 0.29) is 22.4 Å². The van der Waals surface area contributed by atoms with Crippen LogP contribution in [-0.2, 0) is 28.9 Å². The molecule has 3 unspecified atom stereocenters. The first-order valence-corrected chi connectivity index (χ1v) is 27.1. The number of anilines is 2. The Balaban J connectivity index is 0.000000418. The topological polar surface area (TPSA) is 176 Å². The number of aldehydes is 1. The number of rotatable bonds is 21. The molecule has 2 aliphatic heterocycles. The number of carbonyl (C=O) groups excluding carboxylic acids is 2. The number of benzene rings is 2. The zero-order valence-electron chi connectivity index (χ0n) is 44.8. The number of thiazole rings is 1. The van der Waals surface area contributed by atoms with E-state index < -0.39 is 6.43 Å². The number of aromatic nitrogens is 3. The van der Waals surface area contributed by atoms with Gasteiger partial charge in [-0.15, -0.1) is 11.3 Å². The quantitative estimate of drug-likeness (QED) is 0.0272. The fourth-order valence-electron chi connectivity index (χ4n) is 11.9. The van der Waals surface area contributed by atoms with Crippen LogP contribution in [0.3, 0.4) is 0 Å². The van der Waals surface area contributed by atoms with Crippen LogP contribution in [0.5, 0.6) is 5.75 Å². The predicted molar refractivity (Wildman–Crippen MR) is 298 cm³/mol. The Morgan fingerprint density at radius 2 is 1.82 bits per heavy atom. The van der Waals surface area contributed by atoms with E-state index in [2.05, 4.69) is 108 Å². The van der Waals surface area contributed by atoms with E-state index in [0.29, 0.717) is 77.4 Å². The lowest BCUT2D eigenvalue weighted by Crippen LogP contribution is -2.61. The van der Waals surface area contributed by atoms with Gasteiger partial charge in [0.05, 0.1) is 32.6 Å². The third-order valence-electron chi connectivity index (χ3n) is 14.8. The molecule has 0 spiro atoms. The standard InChI is InChI=1S/C40H55F2N9O2S.C9H19N.C7H4ClNO/c1-6-32-36(9-12-45-25-53)51(48-40(32)50-13-7-8-30-16-33(38-22-47-26-54-38)34(39(41)42)17-37(30)50)31-10-14-49(15-11-31)23-35(27(2)18-43-4)28(3)19-46-21-29(24-52)20-44-5;1-8(2)6-9(3,4)7(8)10-5;8-7-3-6(10)2-1-5(7)4-9/h16-17,20-22,24-28,31,35,39,43H,5-15,18-19,23H2,1-4H3,(H,45,53);7,10H,6H2,1-5H3;1-3,10H/b29-20+,46-21?;;. The number of piperidine rings is 1. The first-order chi connectivity index (χ1) is 35.4. The van der Waals surface area contributed by atoms with Crippen LogP contribution in [0, 0.1) is 39.9 Å². The van der Waals surface area contributed by atoms with Gasteiger partial charge in [0.25, 0.3) is 6.43 Å². The normalized spacial score (nSPS) is 17.9. The Labute approximate surface area is 446 Å². The number of aromatic hydroxyl groups is 1. The lowest BCUT2D eigenvalue weighted by molar-refractivity contribution is -0.109. The van der Waals surface area contributed by atoms with Gasteiger partial charge in [0.1, 0.15) is 11.8 Å². The van der Waals surface area contributed by atoms with Crippen LogP contribution < -0.4 is 20.9 Å². The van der Waals surface area contributed by atoms with Crippen LogP contribution in [0.15, 0.2) is 63.8 Å². The smallest absolute Gasteiger partial charge is 0.264 e. The number of likely N-dealkylation sites (tertiary alicyclic amines) is 1. The van der Waals surface area contributed by atoms with Crippen LogP contribution in [0.4, 0.5) is 20.3 Å². The summed E-state index contributed by atoms with van der Waals surface area (Å²) in [7, 11) is 4.05. The molecule has 0 bridgehead atoms. The number of nitrogens with one attached hydrogen (secondary N) is 3. The number of phenolic OH excluding ortho intramolecular Hbond substituents is 1. The summed E-state index contributed by atoms with van der Waals surface area (Å²) in [5.41, 5.74) is 8.09. The summed E-state index contributed by atoms with van der Waals surface area (Å²) in [6, 6.07) is 10.6. The number of halogens is 3. The van der Waals surface area contributed by atoms with Gasteiger partial charge in [-0.2, -0.15) is 10.4 Å². The molecule has 74 heavy (non-hydrogen) atoms. The highest BCUT2D eigenvalue weighted by Crippen LogP contribution is 2.53. The van der Waals surface area contributed by atoms with Gasteiger partial charge in [0.2, 0.25) is 6.41 Å². The van der Waals surface area contributed by atoms with Gasteiger partial charge in [0, 0.05) is 98.4 Å². The molecule has 1 amide bonds. The molecule has 4 aromatic rings. The number of carbonyl (C=O) groups is 2.